The zero-order valence-electron chi connectivity index (χ0n) is 11.5. The Bertz CT molecular complexity index is 121. The minimum absolute atomic E-state index is 0.0413. The molecule has 0 bridgehead atoms. The van der Waals surface area contributed by atoms with Crippen LogP contribution in [0.5, 0.6) is 0 Å². The van der Waals surface area contributed by atoms with Crippen LogP contribution in [-0.2, 0) is 14.2 Å². The van der Waals surface area contributed by atoms with Crippen molar-refractivity contribution in [3.8, 4) is 0 Å². The summed E-state index contributed by atoms with van der Waals surface area (Å²) in [7, 11) is 0. The molecule has 0 saturated carbocycles. The van der Waals surface area contributed by atoms with Crippen LogP contribution in [0.2, 0.25) is 0 Å². The molecule has 0 aromatic heterocycles. The van der Waals surface area contributed by atoms with E-state index >= 15 is 0 Å². The summed E-state index contributed by atoms with van der Waals surface area (Å²) in [6, 6.07) is 0. The monoisotopic (exact) mass is 284 g/mol. The lowest BCUT2D eigenvalue weighted by Crippen LogP contribution is -2.11. The molecular weight excluding hydrogens is 256 g/mol. The summed E-state index contributed by atoms with van der Waals surface area (Å²) in [5.74, 6) is 0. The van der Waals surface area contributed by atoms with Crippen LogP contribution in [0.1, 0.15) is 12.8 Å². The molecule has 0 radical (unpaired) electrons. The van der Waals surface area contributed by atoms with Gasteiger partial charge in [-0.2, -0.15) is 0 Å². The lowest BCUT2D eigenvalue weighted by molar-refractivity contribution is 0.00230. The van der Waals surface area contributed by atoms with E-state index in [4.69, 9.17) is 34.6 Å². The van der Waals surface area contributed by atoms with E-state index in [-0.39, 0.29) is 26.4 Å². The van der Waals surface area contributed by atoms with Crippen molar-refractivity contribution in [1.82, 2.24) is 0 Å². The van der Waals surface area contributed by atoms with Gasteiger partial charge in [0.2, 0.25) is 0 Å². The number of hydrogen-bond donors (Lipinski definition) is 4. The minimum Gasteiger partial charge on any atom is -0.396 e. The third-order valence-corrected chi connectivity index (χ3v) is 1.78. The topological polar surface area (TPSA) is 109 Å². The van der Waals surface area contributed by atoms with Crippen molar-refractivity contribution >= 4 is 0 Å². The molecule has 0 aromatic carbocycles. The first kappa shape index (κ1) is 21.0. The molecule has 0 unspecified atom stereocenters. The molecule has 0 aliphatic carbocycles. The Balaban J connectivity index is 0. The highest BCUT2D eigenvalue weighted by Crippen LogP contribution is 1.81. The van der Waals surface area contributed by atoms with Gasteiger partial charge in [0, 0.05) is 13.2 Å². The highest BCUT2D eigenvalue weighted by Gasteiger charge is 1.89. The van der Waals surface area contributed by atoms with E-state index in [9.17, 15) is 0 Å². The third kappa shape index (κ3) is 27.1. The standard InChI is InChI=1S/C8H18O5.C4H10O2/c9-1-3-11-5-7-13-8-6-12-4-2-10;5-3-1-2-4-6/h9-10H,1-8H2;5-6H,1-4H2. The number of unbranched alkanes of at least 4 members (excludes halogenated alkanes) is 1. The molecular formula is C12H28O7. The van der Waals surface area contributed by atoms with Crippen molar-refractivity contribution in [2.45, 2.75) is 12.8 Å². The first-order chi connectivity index (χ1) is 9.33. The van der Waals surface area contributed by atoms with Gasteiger partial charge in [0.1, 0.15) is 0 Å². The van der Waals surface area contributed by atoms with Crippen LogP contribution in [0.4, 0.5) is 0 Å². The molecule has 0 heterocycles. The summed E-state index contributed by atoms with van der Waals surface area (Å²) in [6.45, 7) is 3.15. The molecule has 0 saturated heterocycles. The fourth-order valence-electron chi connectivity index (χ4n) is 0.895. The highest BCUT2D eigenvalue weighted by atomic mass is 16.5. The molecule has 0 amide bonds. The van der Waals surface area contributed by atoms with E-state index in [0.717, 1.165) is 12.8 Å². The van der Waals surface area contributed by atoms with Gasteiger partial charge in [-0.25, -0.2) is 0 Å². The van der Waals surface area contributed by atoms with Gasteiger partial charge in [0.05, 0.1) is 52.9 Å². The Labute approximate surface area is 114 Å². The first-order valence-corrected chi connectivity index (χ1v) is 6.50. The normalized spacial score (nSPS) is 10.1. The molecule has 0 rings (SSSR count). The molecule has 118 valence electrons. The molecule has 0 spiro atoms. The molecule has 0 aliphatic heterocycles. The number of ether oxygens (including phenoxy) is 3. The second-order valence-electron chi connectivity index (χ2n) is 3.44. The summed E-state index contributed by atoms with van der Waals surface area (Å²) in [4.78, 5) is 0. The largest absolute Gasteiger partial charge is 0.396 e. The predicted molar refractivity (Wildman–Crippen MR) is 70.0 cm³/mol. The van der Waals surface area contributed by atoms with Crippen molar-refractivity contribution in [1.29, 1.82) is 0 Å². The van der Waals surface area contributed by atoms with E-state index in [1.807, 2.05) is 0 Å². The van der Waals surface area contributed by atoms with Crippen molar-refractivity contribution in [3.05, 3.63) is 0 Å². The summed E-state index contributed by atoms with van der Waals surface area (Å²) < 4.78 is 15.0. The Morgan fingerprint density at radius 1 is 0.421 bits per heavy atom. The number of hydrogen-bond acceptors (Lipinski definition) is 7. The first-order valence-electron chi connectivity index (χ1n) is 6.50. The fourth-order valence-corrected chi connectivity index (χ4v) is 0.895. The van der Waals surface area contributed by atoms with E-state index in [1.165, 1.54) is 0 Å². The van der Waals surface area contributed by atoms with Crippen molar-refractivity contribution in [2.24, 2.45) is 0 Å². The average molecular weight is 284 g/mol. The zero-order chi connectivity index (χ0) is 14.6. The summed E-state index contributed by atoms with van der Waals surface area (Å²) in [6.07, 6.45) is 1.44. The van der Waals surface area contributed by atoms with E-state index in [2.05, 4.69) is 0 Å². The lowest BCUT2D eigenvalue weighted by atomic mass is 10.3. The van der Waals surface area contributed by atoms with Gasteiger partial charge in [-0.15, -0.1) is 0 Å². The van der Waals surface area contributed by atoms with Crippen LogP contribution in [0.3, 0.4) is 0 Å². The fraction of sp³-hybridized carbons (Fsp3) is 1.00. The van der Waals surface area contributed by atoms with E-state index < -0.39 is 0 Å². The number of aliphatic hydroxyl groups is 4. The quantitative estimate of drug-likeness (QED) is 0.314. The summed E-state index contributed by atoms with van der Waals surface area (Å²) >= 11 is 0. The van der Waals surface area contributed by atoms with Gasteiger partial charge in [-0.05, 0) is 12.8 Å². The maximum absolute atomic E-state index is 8.36. The molecule has 0 aromatic rings. The maximum atomic E-state index is 8.36. The molecule has 7 heteroatoms. The van der Waals surface area contributed by atoms with Gasteiger partial charge in [0.15, 0.2) is 0 Å². The van der Waals surface area contributed by atoms with Gasteiger partial charge >= 0.3 is 0 Å². The Morgan fingerprint density at radius 3 is 1.00 bits per heavy atom. The number of rotatable bonds is 13. The van der Waals surface area contributed by atoms with Crippen LogP contribution in [0.25, 0.3) is 0 Å². The SMILES string of the molecule is OCCCCO.OCCOCCOCCOCCO. The predicted octanol–water partition coefficient (Wildman–Crippen LogP) is -1.23. The smallest absolute Gasteiger partial charge is 0.0701 e. The van der Waals surface area contributed by atoms with Gasteiger partial charge < -0.3 is 34.6 Å². The highest BCUT2D eigenvalue weighted by molar-refractivity contribution is 4.33. The van der Waals surface area contributed by atoms with E-state index in [1.54, 1.807) is 0 Å². The van der Waals surface area contributed by atoms with Crippen LogP contribution >= 0.6 is 0 Å². The van der Waals surface area contributed by atoms with Gasteiger partial charge in [-0.3, -0.25) is 0 Å². The minimum atomic E-state index is 0.0413. The van der Waals surface area contributed by atoms with Gasteiger partial charge in [-0.1, -0.05) is 0 Å². The second-order valence-corrected chi connectivity index (χ2v) is 3.44. The van der Waals surface area contributed by atoms with Crippen LogP contribution < -0.4 is 0 Å². The lowest BCUT2D eigenvalue weighted by Gasteiger charge is -2.04. The Morgan fingerprint density at radius 2 is 0.737 bits per heavy atom. The molecule has 19 heavy (non-hydrogen) atoms. The number of aliphatic hydroxyl groups excluding tert-OH is 4. The van der Waals surface area contributed by atoms with E-state index in [0.29, 0.717) is 39.6 Å². The zero-order valence-corrected chi connectivity index (χ0v) is 11.5. The molecule has 7 nitrogen and oxygen atoms in total. The average Bonchev–Trinajstić information content (AvgIpc) is 2.44. The molecule has 0 atom stereocenters. The van der Waals surface area contributed by atoms with Crippen molar-refractivity contribution in [3.63, 3.8) is 0 Å². The van der Waals surface area contributed by atoms with Crippen LogP contribution in [-0.4, -0.2) is 86.5 Å². The van der Waals surface area contributed by atoms with Gasteiger partial charge in [0.25, 0.3) is 0 Å². The van der Waals surface area contributed by atoms with Crippen molar-refractivity contribution < 1.29 is 34.6 Å². The third-order valence-electron chi connectivity index (χ3n) is 1.78. The molecule has 0 fully saturated rings. The maximum Gasteiger partial charge on any atom is 0.0701 e. The molecule has 0 aliphatic rings. The molecule has 4 N–H and O–H groups in total. The summed E-state index contributed by atoms with van der Waals surface area (Å²) in [5.41, 5.74) is 0. The van der Waals surface area contributed by atoms with Crippen LogP contribution in [0, 0.1) is 0 Å². The van der Waals surface area contributed by atoms with Crippen LogP contribution in [0.15, 0.2) is 0 Å². The Hall–Kier alpha value is -0.280. The Kier molecular flexibility index (Phi) is 25.3. The summed E-state index contributed by atoms with van der Waals surface area (Å²) in [5, 5.41) is 32.9. The second kappa shape index (κ2) is 22.9. The van der Waals surface area contributed by atoms with Crippen molar-refractivity contribution in [2.75, 3.05) is 66.1 Å².